The van der Waals surface area contributed by atoms with Gasteiger partial charge in [-0.2, -0.15) is 4.39 Å². The topological polar surface area (TPSA) is 118 Å². The number of anilines is 1. The first-order chi connectivity index (χ1) is 16.4. The number of fused-ring (bicyclic) bond motifs is 3. The summed E-state index contributed by atoms with van der Waals surface area (Å²) in [5, 5.41) is 13.7. The maximum atomic E-state index is 13.8. The molecule has 1 heterocycles. The quantitative estimate of drug-likeness (QED) is 0.436. The van der Waals surface area contributed by atoms with Gasteiger partial charge in [-0.1, -0.05) is 48.5 Å². The number of aliphatic carboxylic acids is 1. The lowest BCUT2D eigenvalue weighted by Gasteiger charge is -2.19. The maximum Gasteiger partial charge on any atom is 0.407 e. The molecule has 0 bridgehead atoms. The van der Waals surface area contributed by atoms with Gasteiger partial charge in [0, 0.05) is 18.5 Å². The van der Waals surface area contributed by atoms with Crippen LogP contribution in [0.1, 0.15) is 29.9 Å². The first-order valence-corrected chi connectivity index (χ1v) is 10.7. The number of carboxylic acids is 1. The van der Waals surface area contributed by atoms with Crippen molar-refractivity contribution in [3.05, 3.63) is 83.9 Å². The fourth-order valence-electron chi connectivity index (χ4n) is 4.02. The first kappa shape index (κ1) is 22.9. The second-order valence-electron chi connectivity index (χ2n) is 7.79. The second kappa shape index (κ2) is 10.1. The highest BCUT2D eigenvalue weighted by Crippen LogP contribution is 2.44. The van der Waals surface area contributed by atoms with E-state index in [9.17, 15) is 18.8 Å². The molecule has 3 aromatic rings. The van der Waals surface area contributed by atoms with Crippen LogP contribution in [0.15, 0.2) is 66.9 Å². The van der Waals surface area contributed by atoms with Gasteiger partial charge >= 0.3 is 12.1 Å². The third-order valence-corrected chi connectivity index (χ3v) is 5.62. The zero-order valence-electron chi connectivity index (χ0n) is 18.0. The Kier molecular flexibility index (Phi) is 6.82. The molecular formula is C25H22FN3O5. The molecule has 3 N–H and O–H groups in total. The fraction of sp³-hybridized carbons (Fsp3) is 0.200. The highest BCUT2D eigenvalue weighted by molar-refractivity contribution is 5.96. The Hall–Kier alpha value is -4.27. The minimum absolute atomic E-state index is 0.0321. The van der Waals surface area contributed by atoms with Crippen molar-refractivity contribution in [1.82, 2.24) is 10.3 Å². The van der Waals surface area contributed by atoms with Gasteiger partial charge in [-0.15, -0.1) is 0 Å². The van der Waals surface area contributed by atoms with Crippen molar-refractivity contribution in [2.75, 3.05) is 11.9 Å². The summed E-state index contributed by atoms with van der Waals surface area (Å²) in [5.41, 5.74) is 4.03. The van der Waals surface area contributed by atoms with Gasteiger partial charge in [0.15, 0.2) is 0 Å². The maximum absolute atomic E-state index is 13.8. The Morgan fingerprint density at radius 3 is 2.26 bits per heavy atom. The minimum atomic E-state index is -1.24. The molecule has 0 radical (unpaired) electrons. The number of hydrogen-bond acceptors (Lipinski definition) is 5. The molecule has 1 atom stereocenters. The number of nitrogens with one attached hydrogen (secondary N) is 2. The van der Waals surface area contributed by atoms with Gasteiger partial charge in [-0.05, 0) is 40.8 Å². The SMILES string of the molecule is O=C(O)CCC(NC(=O)OCC1c2ccccc2-c2ccccc21)C(=O)Nc1cccnc1F. The highest BCUT2D eigenvalue weighted by atomic mass is 19.1. The van der Waals surface area contributed by atoms with Crippen LogP contribution >= 0.6 is 0 Å². The van der Waals surface area contributed by atoms with Crippen LogP contribution in [0.4, 0.5) is 14.9 Å². The summed E-state index contributed by atoms with van der Waals surface area (Å²) < 4.78 is 19.2. The van der Waals surface area contributed by atoms with E-state index in [-0.39, 0.29) is 31.1 Å². The molecule has 0 fully saturated rings. The van der Waals surface area contributed by atoms with Crippen LogP contribution in [0.2, 0.25) is 0 Å². The number of rotatable bonds is 8. The summed E-state index contributed by atoms with van der Waals surface area (Å²) >= 11 is 0. The molecule has 4 rings (SSSR count). The monoisotopic (exact) mass is 463 g/mol. The molecule has 0 saturated carbocycles. The fourth-order valence-corrected chi connectivity index (χ4v) is 4.02. The normalized spacial score (nSPS) is 12.9. The molecule has 2 aromatic carbocycles. The Labute approximate surface area is 194 Å². The molecule has 1 unspecified atom stereocenters. The average Bonchev–Trinajstić information content (AvgIpc) is 3.15. The lowest BCUT2D eigenvalue weighted by Crippen LogP contribution is -2.44. The van der Waals surface area contributed by atoms with Gasteiger partial charge in [-0.3, -0.25) is 9.59 Å². The van der Waals surface area contributed by atoms with Crippen LogP contribution in [-0.2, 0) is 14.3 Å². The minimum Gasteiger partial charge on any atom is -0.481 e. The number of ether oxygens (including phenoxy) is 1. The van der Waals surface area contributed by atoms with E-state index in [4.69, 9.17) is 9.84 Å². The number of aromatic nitrogens is 1. The summed E-state index contributed by atoms with van der Waals surface area (Å²) in [6, 6.07) is 17.2. The highest BCUT2D eigenvalue weighted by Gasteiger charge is 2.30. The molecule has 34 heavy (non-hydrogen) atoms. The number of carbonyl (C=O) groups is 3. The third-order valence-electron chi connectivity index (χ3n) is 5.62. The van der Waals surface area contributed by atoms with Crippen molar-refractivity contribution in [3.8, 4) is 11.1 Å². The van der Waals surface area contributed by atoms with Gasteiger partial charge in [0.2, 0.25) is 11.9 Å². The van der Waals surface area contributed by atoms with Crippen molar-refractivity contribution in [2.45, 2.75) is 24.8 Å². The molecule has 8 nitrogen and oxygen atoms in total. The molecule has 0 aliphatic heterocycles. The van der Waals surface area contributed by atoms with Gasteiger partial charge in [0.05, 0.1) is 5.69 Å². The van der Waals surface area contributed by atoms with E-state index < -0.39 is 30.0 Å². The van der Waals surface area contributed by atoms with E-state index in [1.165, 1.54) is 18.3 Å². The Balaban J connectivity index is 1.43. The number of pyridine rings is 1. The van der Waals surface area contributed by atoms with Crippen molar-refractivity contribution < 1.29 is 28.6 Å². The molecule has 1 aliphatic rings. The number of carbonyl (C=O) groups excluding carboxylic acids is 2. The summed E-state index contributed by atoms with van der Waals surface area (Å²) in [7, 11) is 0. The van der Waals surface area contributed by atoms with Gasteiger partial charge in [0.25, 0.3) is 0 Å². The summed E-state index contributed by atoms with van der Waals surface area (Å²) in [4.78, 5) is 39.6. The standard InChI is InChI=1S/C25H22FN3O5/c26-23-20(10-5-13-27-23)28-24(32)21(11-12-22(30)31)29-25(33)34-14-19-17-8-3-1-6-15(17)16-7-2-4-9-18(16)19/h1-10,13,19,21H,11-12,14H2,(H,28,32)(H,29,33)(H,30,31). The molecule has 2 amide bonds. The van der Waals surface area contributed by atoms with E-state index >= 15 is 0 Å². The van der Waals surface area contributed by atoms with Crippen LogP contribution in [-0.4, -0.2) is 40.7 Å². The van der Waals surface area contributed by atoms with Crippen LogP contribution in [0, 0.1) is 5.95 Å². The molecule has 0 spiro atoms. The predicted octanol–water partition coefficient (Wildman–Crippen LogP) is 3.93. The Morgan fingerprint density at radius 2 is 1.65 bits per heavy atom. The molecule has 1 aromatic heterocycles. The van der Waals surface area contributed by atoms with Gasteiger partial charge in [-0.25, -0.2) is 9.78 Å². The van der Waals surface area contributed by atoms with E-state index in [1.807, 2.05) is 48.5 Å². The van der Waals surface area contributed by atoms with Crippen molar-refractivity contribution in [1.29, 1.82) is 0 Å². The summed E-state index contributed by atoms with van der Waals surface area (Å²) in [6.45, 7) is 0.0321. The van der Waals surface area contributed by atoms with Gasteiger partial charge in [0.1, 0.15) is 12.6 Å². The number of nitrogens with zero attached hydrogens (tertiary/aromatic N) is 1. The van der Waals surface area contributed by atoms with Crippen LogP contribution in [0.5, 0.6) is 0 Å². The summed E-state index contributed by atoms with van der Waals surface area (Å²) in [6.07, 6.45) is -0.231. The van der Waals surface area contributed by atoms with E-state index in [0.717, 1.165) is 22.3 Å². The lowest BCUT2D eigenvalue weighted by molar-refractivity contribution is -0.137. The smallest absolute Gasteiger partial charge is 0.407 e. The second-order valence-corrected chi connectivity index (χ2v) is 7.79. The molecule has 0 saturated heterocycles. The zero-order chi connectivity index (χ0) is 24.1. The largest absolute Gasteiger partial charge is 0.481 e. The number of amides is 2. The molecule has 1 aliphatic carbocycles. The van der Waals surface area contributed by atoms with Crippen LogP contribution in [0.25, 0.3) is 11.1 Å². The van der Waals surface area contributed by atoms with E-state index in [0.29, 0.717) is 0 Å². The lowest BCUT2D eigenvalue weighted by atomic mass is 9.98. The summed E-state index contributed by atoms with van der Waals surface area (Å²) in [5.74, 6) is -2.98. The number of benzene rings is 2. The average molecular weight is 463 g/mol. The zero-order valence-corrected chi connectivity index (χ0v) is 18.0. The number of carboxylic acid groups (broad SMARTS) is 1. The number of hydrogen-bond donors (Lipinski definition) is 3. The Bertz CT molecular complexity index is 1190. The number of halogens is 1. The molecule has 174 valence electrons. The van der Waals surface area contributed by atoms with Crippen LogP contribution < -0.4 is 10.6 Å². The van der Waals surface area contributed by atoms with Crippen LogP contribution in [0.3, 0.4) is 0 Å². The van der Waals surface area contributed by atoms with Crippen molar-refractivity contribution in [2.24, 2.45) is 0 Å². The van der Waals surface area contributed by atoms with Crippen molar-refractivity contribution in [3.63, 3.8) is 0 Å². The third kappa shape index (κ3) is 5.03. The molecular weight excluding hydrogens is 441 g/mol. The molecule has 9 heteroatoms. The number of alkyl carbamates (subject to hydrolysis) is 1. The van der Waals surface area contributed by atoms with E-state index in [1.54, 1.807) is 0 Å². The predicted molar refractivity (Wildman–Crippen MR) is 122 cm³/mol. The van der Waals surface area contributed by atoms with Crippen molar-refractivity contribution >= 4 is 23.7 Å². The van der Waals surface area contributed by atoms with Gasteiger partial charge < -0.3 is 20.5 Å². The first-order valence-electron chi connectivity index (χ1n) is 10.7. The Morgan fingerprint density at radius 1 is 1.00 bits per heavy atom. The van der Waals surface area contributed by atoms with E-state index in [2.05, 4.69) is 15.6 Å².